The van der Waals surface area contributed by atoms with Gasteiger partial charge in [0.25, 0.3) is 0 Å². The van der Waals surface area contributed by atoms with Crippen LogP contribution in [-0.2, 0) is 6.42 Å². The Bertz CT molecular complexity index is 354. The van der Waals surface area contributed by atoms with Gasteiger partial charge in [0.15, 0.2) is 0 Å². The Labute approximate surface area is 98.3 Å². The van der Waals surface area contributed by atoms with Gasteiger partial charge in [-0.25, -0.2) is 0 Å². The molecule has 1 aliphatic carbocycles. The van der Waals surface area contributed by atoms with Gasteiger partial charge in [0, 0.05) is 6.04 Å². The molecule has 1 aromatic carbocycles. The summed E-state index contributed by atoms with van der Waals surface area (Å²) in [5.41, 5.74) is 2.95. The number of benzene rings is 1. The largest absolute Gasteiger partial charge is 0.309 e. The van der Waals surface area contributed by atoms with Crippen molar-refractivity contribution >= 4 is 0 Å². The zero-order chi connectivity index (χ0) is 11.0. The Kier molecular flexibility index (Phi) is 2.72. The summed E-state index contributed by atoms with van der Waals surface area (Å²) in [5.74, 6) is 1.86. The van der Waals surface area contributed by atoms with E-state index in [1.165, 1.54) is 36.9 Å². The van der Waals surface area contributed by atoms with Gasteiger partial charge >= 0.3 is 0 Å². The molecule has 2 aliphatic rings. The third-order valence-corrected chi connectivity index (χ3v) is 4.49. The summed E-state index contributed by atoms with van der Waals surface area (Å²) < 4.78 is 0. The Morgan fingerprint density at radius 2 is 2.00 bits per heavy atom. The van der Waals surface area contributed by atoms with Gasteiger partial charge < -0.3 is 5.32 Å². The van der Waals surface area contributed by atoms with Crippen LogP contribution in [0.25, 0.3) is 0 Å². The van der Waals surface area contributed by atoms with Gasteiger partial charge in [-0.15, -0.1) is 0 Å². The first-order valence-corrected chi connectivity index (χ1v) is 6.70. The molecular formula is C15H21N. The van der Waals surface area contributed by atoms with Crippen molar-refractivity contribution < 1.29 is 0 Å². The van der Waals surface area contributed by atoms with Crippen molar-refractivity contribution in [3.8, 4) is 0 Å². The number of nitrogens with one attached hydrogen (secondary N) is 1. The molecule has 86 valence electrons. The number of hydrogen-bond donors (Lipinski definition) is 1. The summed E-state index contributed by atoms with van der Waals surface area (Å²) in [6.07, 6.45) is 5.46. The maximum absolute atomic E-state index is 3.71. The van der Waals surface area contributed by atoms with Crippen molar-refractivity contribution in [1.82, 2.24) is 5.32 Å². The Hall–Kier alpha value is -0.820. The van der Waals surface area contributed by atoms with E-state index in [9.17, 15) is 0 Å². The minimum absolute atomic E-state index is 0.637. The lowest BCUT2D eigenvalue weighted by Gasteiger charge is -2.18. The number of rotatable bonds is 2. The van der Waals surface area contributed by atoms with Crippen LogP contribution in [0.5, 0.6) is 0 Å². The molecule has 2 unspecified atom stereocenters. The van der Waals surface area contributed by atoms with E-state index < -0.39 is 0 Å². The van der Waals surface area contributed by atoms with Crippen molar-refractivity contribution in [2.24, 2.45) is 11.8 Å². The molecular weight excluding hydrogens is 194 g/mol. The van der Waals surface area contributed by atoms with Gasteiger partial charge in [0.2, 0.25) is 0 Å². The van der Waals surface area contributed by atoms with Crippen molar-refractivity contribution in [2.75, 3.05) is 6.54 Å². The lowest BCUT2D eigenvalue weighted by atomic mass is 9.89. The van der Waals surface area contributed by atoms with Crippen LogP contribution in [0, 0.1) is 11.8 Å². The first-order valence-electron chi connectivity index (χ1n) is 6.70. The third-order valence-electron chi connectivity index (χ3n) is 4.49. The van der Waals surface area contributed by atoms with Gasteiger partial charge in [-0.1, -0.05) is 37.6 Å². The zero-order valence-corrected chi connectivity index (χ0v) is 10.1. The molecule has 1 saturated carbocycles. The summed E-state index contributed by atoms with van der Waals surface area (Å²) in [5, 5.41) is 3.71. The van der Waals surface area contributed by atoms with Crippen molar-refractivity contribution in [1.29, 1.82) is 0 Å². The first-order chi connectivity index (χ1) is 7.88. The average Bonchev–Trinajstić information content (AvgIpc) is 2.91. The molecule has 1 N–H and O–H groups in total. The normalized spacial score (nSPS) is 32.9. The minimum Gasteiger partial charge on any atom is -0.309 e. The van der Waals surface area contributed by atoms with E-state index >= 15 is 0 Å². The maximum atomic E-state index is 3.71. The van der Waals surface area contributed by atoms with Crippen LogP contribution in [0.1, 0.15) is 43.4 Å². The molecule has 1 aromatic rings. The molecule has 16 heavy (non-hydrogen) atoms. The fourth-order valence-electron chi connectivity index (χ4n) is 3.51. The maximum Gasteiger partial charge on any atom is 0.0351 e. The van der Waals surface area contributed by atoms with Crippen molar-refractivity contribution in [2.45, 2.75) is 38.6 Å². The van der Waals surface area contributed by atoms with Crippen LogP contribution in [0.4, 0.5) is 0 Å². The van der Waals surface area contributed by atoms with Crippen LogP contribution in [0.15, 0.2) is 24.3 Å². The van der Waals surface area contributed by atoms with E-state index in [0.717, 1.165) is 18.3 Å². The van der Waals surface area contributed by atoms with Crippen LogP contribution in [0.3, 0.4) is 0 Å². The number of aryl methyl sites for hydroxylation is 1. The highest BCUT2D eigenvalue weighted by Gasteiger charge is 2.39. The number of hydrogen-bond acceptors (Lipinski definition) is 1. The fraction of sp³-hybridized carbons (Fsp3) is 0.600. The van der Waals surface area contributed by atoms with E-state index in [0.29, 0.717) is 6.04 Å². The van der Waals surface area contributed by atoms with E-state index in [4.69, 9.17) is 0 Å². The van der Waals surface area contributed by atoms with E-state index in [1.54, 1.807) is 0 Å². The zero-order valence-electron chi connectivity index (χ0n) is 10.1. The topological polar surface area (TPSA) is 12.0 Å². The Morgan fingerprint density at radius 1 is 1.19 bits per heavy atom. The van der Waals surface area contributed by atoms with Crippen molar-refractivity contribution in [3.63, 3.8) is 0 Å². The van der Waals surface area contributed by atoms with Crippen molar-refractivity contribution in [3.05, 3.63) is 35.4 Å². The van der Waals surface area contributed by atoms with Gasteiger partial charge in [-0.3, -0.25) is 0 Å². The average molecular weight is 215 g/mol. The monoisotopic (exact) mass is 215 g/mol. The van der Waals surface area contributed by atoms with Gasteiger partial charge in [-0.05, 0) is 48.8 Å². The summed E-state index contributed by atoms with van der Waals surface area (Å²) in [6.45, 7) is 3.46. The van der Waals surface area contributed by atoms with E-state index in [1.807, 2.05) is 0 Å². The van der Waals surface area contributed by atoms with Crippen LogP contribution >= 0.6 is 0 Å². The van der Waals surface area contributed by atoms with Gasteiger partial charge in [0.1, 0.15) is 0 Å². The predicted molar refractivity (Wildman–Crippen MR) is 67.4 cm³/mol. The van der Waals surface area contributed by atoms with E-state index in [2.05, 4.69) is 36.5 Å². The Morgan fingerprint density at radius 3 is 2.75 bits per heavy atom. The minimum atomic E-state index is 0.637. The van der Waals surface area contributed by atoms with Crippen LogP contribution in [0.2, 0.25) is 0 Å². The highest BCUT2D eigenvalue weighted by molar-refractivity contribution is 5.26. The van der Waals surface area contributed by atoms with Gasteiger partial charge in [-0.2, -0.15) is 0 Å². The summed E-state index contributed by atoms with van der Waals surface area (Å²) in [7, 11) is 0. The molecule has 0 amide bonds. The summed E-state index contributed by atoms with van der Waals surface area (Å²) in [6, 6.07) is 9.88. The van der Waals surface area contributed by atoms with Crippen LogP contribution in [-0.4, -0.2) is 6.54 Å². The second-order valence-corrected chi connectivity index (χ2v) is 5.34. The SMILES string of the molecule is CCc1ccc(C2NC[C@@H]3CCCC23)cc1. The second kappa shape index (κ2) is 4.21. The fourth-order valence-corrected chi connectivity index (χ4v) is 3.51. The standard InChI is InChI=1S/C15H21N/c1-2-11-6-8-12(9-7-11)15-14-5-3-4-13(14)10-16-15/h6-9,13-16H,2-5,10H2,1H3/t13-,14?,15?/m0/s1. The third kappa shape index (κ3) is 1.67. The smallest absolute Gasteiger partial charge is 0.0351 e. The predicted octanol–water partition coefficient (Wildman–Crippen LogP) is 3.31. The van der Waals surface area contributed by atoms with E-state index in [-0.39, 0.29) is 0 Å². The molecule has 1 nitrogen and oxygen atoms in total. The second-order valence-electron chi connectivity index (χ2n) is 5.34. The molecule has 1 aliphatic heterocycles. The molecule has 1 saturated heterocycles. The first kappa shape index (κ1) is 10.3. The summed E-state index contributed by atoms with van der Waals surface area (Å²) >= 11 is 0. The lowest BCUT2D eigenvalue weighted by molar-refractivity contribution is 0.421. The molecule has 3 atom stereocenters. The molecule has 1 heteroatoms. The molecule has 0 bridgehead atoms. The van der Waals surface area contributed by atoms with Gasteiger partial charge in [0.05, 0.1) is 0 Å². The highest BCUT2D eigenvalue weighted by Crippen LogP contribution is 2.44. The molecule has 0 aromatic heterocycles. The van der Waals surface area contributed by atoms with Crippen LogP contribution < -0.4 is 5.32 Å². The number of fused-ring (bicyclic) bond motifs is 1. The molecule has 0 radical (unpaired) electrons. The molecule has 0 spiro atoms. The quantitative estimate of drug-likeness (QED) is 0.798. The highest BCUT2D eigenvalue weighted by atomic mass is 15.0. The molecule has 2 fully saturated rings. The lowest BCUT2D eigenvalue weighted by Crippen LogP contribution is -2.17. The Balaban J connectivity index is 1.81. The summed E-state index contributed by atoms with van der Waals surface area (Å²) in [4.78, 5) is 0. The molecule has 3 rings (SSSR count). The molecule has 1 heterocycles.